The first-order chi connectivity index (χ1) is 20.9. The van der Waals surface area contributed by atoms with E-state index in [4.69, 9.17) is 23.7 Å². The Hall–Kier alpha value is -3.11. The van der Waals surface area contributed by atoms with Crippen molar-refractivity contribution < 1.29 is 33.6 Å². The van der Waals surface area contributed by atoms with E-state index >= 15 is 0 Å². The Bertz CT molecular complexity index is 1510. The lowest BCUT2D eigenvalue weighted by molar-refractivity contribution is -0.120. The summed E-state index contributed by atoms with van der Waals surface area (Å²) in [5, 5.41) is 10.6. The van der Waals surface area contributed by atoms with Gasteiger partial charge in [0.15, 0.2) is 28.8 Å². The summed E-state index contributed by atoms with van der Waals surface area (Å²) in [5.41, 5.74) is 3.71. The monoisotopic (exact) mass is 588 g/mol. The van der Waals surface area contributed by atoms with Gasteiger partial charge in [0.1, 0.15) is 6.10 Å². The predicted octanol–water partition coefficient (Wildman–Crippen LogP) is 3.47. The van der Waals surface area contributed by atoms with E-state index in [1.807, 2.05) is 13.1 Å². The fourth-order valence-electron chi connectivity index (χ4n) is 9.01. The first-order valence-electron chi connectivity index (χ1n) is 15.5. The van der Waals surface area contributed by atoms with Crippen molar-refractivity contribution in [3.8, 4) is 23.0 Å². The van der Waals surface area contributed by atoms with E-state index < -0.39 is 5.41 Å². The van der Waals surface area contributed by atoms with Gasteiger partial charge in [0.25, 0.3) is 0 Å². The van der Waals surface area contributed by atoms with Crippen molar-refractivity contribution in [2.75, 3.05) is 41.1 Å². The lowest BCUT2D eigenvalue weighted by Crippen LogP contribution is -2.48. The molecule has 1 N–H and O–H groups in total. The molecule has 2 aliphatic carbocycles. The zero-order chi connectivity index (χ0) is 29.5. The van der Waals surface area contributed by atoms with E-state index in [9.17, 15) is 9.90 Å². The molecule has 4 heterocycles. The van der Waals surface area contributed by atoms with Crippen molar-refractivity contribution in [3.05, 3.63) is 58.7 Å². The number of aliphatic hydroxyl groups excluding tert-OH is 1. The first kappa shape index (κ1) is 27.4. The van der Waals surface area contributed by atoms with Crippen molar-refractivity contribution in [3.63, 3.8) is 0 Å². The number of methoxy groups -OCH3 is 2. The molecule has 9 heteroatoms. The van der Waals surface area contributed by atoms with Crippen LogP contribution >= 0.6 is 0 Å². The van der Waals surface area contributed by atoms with Gasteiger partial charge in [0.2, 0.25) is 6.79 Å². The van der Waals surface area contributed by atoms with E-state index in [-0.39, 0.29) is 42.3 Å². The molecule has 0 aromatic heterocycles. The van der Waals surface area contributed by atoms with E-state index in [1.54, 1.807) is 14.2 Å². The van der Waals surface area contributed by atoms with Crippen LogP contribution in [0.15, 0.2) is 36.4 Å². The number of likely N-dealkylation sites (N-methyl/N-ethyl adjacent to an activating group) is 1. The zero-order valence-corrected chi connectivity index (χ0v) is 25.1. The summed E-state index contributed by atoms with van der Waals surface area (Å²) in [4.78, 5) is 18.6. The number of fused-ring (bicyclic) bond motifs is 2. The molecule has 6 unspecified atom stereocenters. The van der Waals surface area contributed by atoms with E-state index in [2.05, 4.69) is 40.2 Å². The van der Waals surface area contributed by atoms with Crippen LogP contribution in [0.5, 0.6) is 23.0 Å². The Balaban J connectivity index is 1.20. The van der Waals surface area contributed by atoms with Crippen molar-refractivity contribution in [1.29, 1.82) is 0 Å². The van der Waals surface area contributed by atoms with Gasteiger partial charge in [0.05, 0.1) is 31.3 Å². The largest absolute Gasteiger partial charge is 0.493 e. The van der Waals surface area contributed by atoms with Gasteiger partial charge < -0.3 is 28.8 Å². The average molecular weight is 589 g/mol. The molecule has 1 saturated carbocycles. The SMILES string of the molecule is COc1ccc2c3c1OC1CC(O)CCC31CCN(Cc1cc3c(cc1C14C=CC(OC)CC1N(C)CC4=O)OCO3)C2. The number of likely N-dealkylation sites (tertiary alicyclic amines) is 1. The lowest BCUT2D eigenvalue weighted by Gasteiger charge is -2.40. The number of carbonyl (C=O) groups excluding carboxylic acids is 1. The summed E-state index contributed by atoms with van der Waals surface area (Å²) in [6.45, 7) is 2.88. The number of nitrogens with zero attached hydrogens (tertiary/aromatic N) is 2. The molecule has 6 aliphatic rings. The Labute approximate surface area is 252 Å². The van der Waals surface area contributed by atoms with Crippen LogP contribution in [0.4, 0.5) is 0 Å². The van der Waals surface area contributed by atoms with Crippen LogP contribution in [0.1, 0.15) is 54.4 Å². The summed E-state index contributed by atoms with van der Waals surface area (Å²) < 4.78 is 29.7. The third-order valence-corrected chi connectivity index (χ3v) is 11.2. The molecule has 4 aliphatic heterocycles. The lowest BCUT2D eigenvalue weighted by atomic mass is 9.65. The fourth-order valence-corrected chi connectivity index (χ4v) is 9.01. The summed E-state index contributed by atoms with van der Waals surface area (Å²) in [6, 6.07) is 8.36. The molecule has 43 heavy (non-hydrogen) atoms. The number of benzene rings is 2. The molecular weight excluding hydrogens is 548 g/mol. The van der Waals surface area contributed by atoms with Crippen LogP contribution < -0.4 is 18.9 Å². The number of ether oxygens (including phenoxy) is 5. The van der Waals surface area contributed by atoms with Gasteiger partial charge in [0, 0.05) is 43.6 Å². The number of rotatable bonds is 5. The Morgan fingerprint density at radius 3 is 2.74 bits per heavy atom. The highest BCUT2D eigenvalue weighted by Crippen LogP contribution is 2.58. The molecule has 0 radical (unpaired) electrons. The average Bonchev–Trinajstić information content (AvgIpc) is 3.64. The predicted molar refractivity (Wildman–Crippen MR) is 158 cm³/mol. The molecule has 9 nitrogen and oxygen atoms in total. The number of aliphatic hydroxyl groups is 1. The second kappa shape index (κ2) is 9.95. The molecule has 2 fully saturated rings. The maximum Gasteiger partial charge on any atom is 0.231 e. The number of Topliss-reactive ketones (excluding diaryl/α,β-unsaturated/α-hetero) is 1. The second-order valence-corrected chi connectivity index (χ2v) is 13.2. The molecule has 1 saturated heterocycles. The van der Waals surface area contributed by atoms with Gasteiger partial charge >= 0.3 is 0 Å². The van der Waals surface area contributed by atoms with Gasteiger partial charge in [-0.3, -0.25) is 14.6 Å². The third kappa shape index (κ3) is 3.94. The maximum atomic E-state index is 14.0. The Morgan fingerprint density at radius 2 is 1.93 bits per heavy atom. The first-order valence-corrected chi connectivity index (χ1v) is 15.5. The number of ketones is 1. The van der Waals surface area contributed by atoms with Crippen molar-refractivity contribution in [2.45, 2.75) is 80.4 Å². The van der Waals surface area contributed by atoms with Crippen molar-refractivity contribution in [1.82, 2.24) is 9.80 Å². The number of carbonyl (C=O) groups is 1. The molecule has 0 amide bonds. The van der Waals surface area contributed by atoms with Crippen LogP contribution in [0, 0.1) is 0 Å². The topological polar surface area (TPSA) is 89.9 Å². The third-order valence-electron chi connectivity index (χ3n) is 11.2. The van der Waals surface area contributed by atoms with Gasteiger partial charge in [-0.2, -0.15) is 0 Å². The molecule has 1 spiro atoms. The van der Waals surface area contributed by atoms with Crippen LogP contribution in [-0.4, -0.2) is 86.2 Å². The minimum atomic E-state index is -0.768. The normalized spacial score (nSPS) is 34.4. The van der Waals surface area contributed by atoms with Gasteiger partial charge in [-0.25, -0.2) is 0 Å². The highest BCUT2D eigenvalue weighted by molar-refractivity contribution is 5.98. The van der Waals surface area contributed by atoms with Crippen LogP contribution in [0.2, 0.25) is 0 Å². The fraction of sp³-hybridized carbons (Fsp3) is 0.559. The molecule has 228 valence electrons. The highest BCUT2D eigenvalue weighted by atomic mass is 16.7. The standard InChI is InChI=1S/C34H40N2O7/c1-35-18-29(38)34(9-7-23(39-2)14-28(34)35)24-15-27-26(41-19-42-27)12-21(24)17-36-11-10-33-8-6-22(37)13-30(33)43-32-25(40-3)5-4-20(16-36)31(32)33/h4-5,7,9,12,15,22-23,28,30,37H,6,8,10-11,13-14,16-19H2,1-3H3. The summed E-state index contributed by atoms with van der Waals surface area (Å²) in [6.07, 6.45) is 7.72. The van der Waals surface area contributed by atoms with Crippen molar-refractivity contribution >= 4 is 5.78 Å². The molecule has 0 bridgehead atoms. The van der Waals surface area contributed by atoms with Crippen LogP contribution in [0.25, 0.3) is 0 Å². The van der Waals surface area contributed by atoms with Crippen molar-refractivity contribution in [2.24, 2.45) is 0 Å². The van der Waals surface area contributed by atoms with E-state index in [0.29, 0.717) is 25.3 Å². The van der Waals surface area contributed by atoms with Gasteiger partial charge in [-0.1, -0.05) is 18.2 Å². The molecule has 2 aromatic rings. The number of hydrogen-bond donors (Lipinski definition) is 1. The Kier molecular flexibility index (Phi) is 6.35. The Morgan fingerprint density at radius 1 is 1.09 bits per heavy atom. The van der Waals surface area contributed by atoms with Crippen LogP contribution in [-0.2, 0) is 33.5 Å². The molecular formula is C34H40N2O7. The number of hydrogen-bond acceptors (Lipinski definition) is 9. The summed E-state index contributed by atoms with van der Waals surface area (Å²) in [5.74, 6) is 3.25. The van der Waals surface area contributed by atoms with Gasteiger partial charge in [-0.05, 0) is 74.2 Å². The maximum absolute atomic E-state index is 14.0. The van der Waals surface area contributed by atoms with Crippen LogP contribution in [0.3, 0.4) is 0 Å². The molecule has 6 atom stereocenters. The molecule has 2 aromatic carbocycles. The summed E-state index contributed by atoms with van der Waals surface area (Å²) in [7, 11) is 5.46. The van der Waals surface area contributed by atoms with Gasteiger partial charge in [-0.15, -0.1) is 0 Å². The smallest absolute Gasteiger partial charge is 0.231 e. The van der Waals surface area contributed by atoms with E-state index in [0.717, 1.165) is 67.1 Å². The zero-order valence-electron chi connectivity index (χ0n) is 25.1. The quantitative estimate of drug-likeness (QED) is 0.528. The molecule has 8 rings (SSSR count). The van der Waals surface area contributed by atoms with E-state index in [1.165, 1.54) is 11.1 Å². The minimum absolute atomic E-state index is 0.00519. The second-order valence-electron chi connectivity index (χ2n) is 13.2. The summed E-state index contributed by atoms with van der Waals surface area (Å²) >= 11 is 0. The minimum Gasteiger partial charge on any atom is -0.493 e. The highest BCUT2D eigenvalue weighted by Gasteiger charge is 2.57.